The largest absolute Gasteiger partial charge is 0.366 e. The Morgan fingerprint density at radius 1 is 1.00 bits per heavy atom. The van der Waals surface area contributed by atoms with Crippen molar-refractivity contribution in [1.82, 2.24) is 25.2 Å². The van der Waals surface area contributed by atoms with E-state index in [1.54, 1.807) is 0 Å². The summed E-state index contributed by atoms with van der Waals surface area (Å²) in [6.07, 6.45) is 8.50. The predicted octanol–water partition coefficient (Wildman–Crippen LogP) is 5.22. The van der Waals surface area contributed by atoms with Crippen molar-refractivity contribution in [3.63, 3.8) is 0 Å². The number of rotatable bonds is 10. The maximum Gasteiger partial charge on any atom is 0.295 e. The summed E-state index contributed by atoms with van der Waals surface area (Å²) in [7, 11) is 2.21. The molecule has 1 amide bonds. The van der Waals surface area contributed by atoms with Crippen LogP contribution in [0.2, 0.25) is 0 Å². The summed E-state index contributed by atoms with van der Waals surface area (Å²) in [6.45, 7) is 6.59. The zero-order valence-electron chi connectivity index (χ0n) is 24.8. The lowest BCUT2D eigenvalue weighted by Crippen LogP contribution is -2.46. The number of nitroso groups, excluding NO2 is 1. The summed E-state index contributed by atoms with van der Waals surface area (Å²) in [6, 6.07) is 9.11. The molecule has 0 unspecified atom stereocenters. The second kappa shape index (κ2) is 14.1. The van der Waals surface area contributed by atoms with Crippen molar-refractivity contribution < 1.29 is 4.79 Å². The number of anilines is 3. The first kappa shape index (κ1) is 30.0. The minimum atomic E-state index is -0.587. The van der Waals surface area contributed by atoms with Crippen LogP contribution in [0.5, 0.6) is 0 Å². The Balaban J connectivity index is 1.31. The smallest absolute Gasteiger partial charge is 0.295 e. The van der Waals surface area contributed by atoms with Gasteiger partial charge in [-0.1, -0.05) is 29.5 Å². The van der Waals surface area contributed by atoms with Gasteiger partial charge in [0.25, 0.3) is 5.91 Å². The molecule has 4 N–H and O–H groups in total. The molecule has 3 heterocycles. The van der Waals surface area contributed by atoms with Crippen molar-refractivity contribution >= 4 is 23.2 Å². The molecule has 5 rings (SSSR count). The van der Waals surface area contributed by atoms with E-state index >= 15 is 0 Å². The van der Waals surface area contributed by atoms with Gasteiger partial charge in [0.2, 0.25) is 0 Å². The number of hydrogen-bond acceptors (Lipinski definition) is 11. The first-order valence-corrected chi connectivity index (χ1v) is 15.4. The third-order valence-electron chi connectivity index (χ3n) is 9.22. The lowest BCUT2D eigenvalue weighted by molar-refractivity contribution is 0.0945. The van der Waals surface area contributed by atoms with Crippen LogP contribution in [0, 0.1) is 10.4 Å². The fourth-order valence-electron chi connectivity index (χ4n) is 6.67. The summed E-state index contributed by atoms with van der Waals surface area (Å²) in [5.41, 5.74) is 12.2. The Bertz CT molecular complexity index is 1230. The highest BCUT2D eigenvalue weighted by molar-refractivity contribution is 5.97. The van der Waals surface area contributed by atoms with Crippen LogP contribution in [-0.4, -0.2) is 77.0 Å². The highest BCUT2D eigenvalue weighted by Crippen LogP contribution is 2.33. The number of piperidine rings is 2. The van der Waals surface area contributed by atoms with Gasteiger partial charge in [0.15, 0.2) is 11.5 Å². The van der Waals surface area contributed by atoms with Gasteiger partial charge in [-0.05, 0) is 115 Å². The zero-order valence-corrected chi connectivity index (χ0v) is 24.8. The average Bonchev–Trinajstić information content (AvgIpc) is 3.02. The van der Waals surface area contributed by atoms with Gasteiger partial charge in [0, 0.05) is 17.8 Å². The second-order valence-electron chi connectivity index (χ2n) is 12.0. The first-order valence-electron chi connectivity index (χ1n) is 15.4. The minimum absolute atomic E-state index is 0.0964. The Morgan fingerprint density at radius 3 is 2.40 bits per heavy atom. The van der Waals surface area contributed by atoms with E-state index in [0.29, 0.717) is 35.7 Å². The van der Waals surface area contributed by atoms with E-state index in [2.05, 4.69) is 60.4 Å². The predicted molar refractivity (Wildman–Crippen MR) is 163 cm³/mol. The van der Waals surface area contributed by atoms with E-state index in [0.717, 1.165) is 57.3 Å². The van der Waals surface area contributed by atoms with Crippen LogP contribution < -0.4 is 16.1 Å². The number of aryl methyl sites for hydroxylation is 1. The van der Waals surface area contributed by atoms with Gasteiger partial charge in [0.1, 0.15) is 5.82 Å². The standard InChI is InChI=1S/C30H44N10O2/c1-3-26-28(32-22-7-9-23(37-42)10-8-22)35-29(27(34-26)30(41)36-38-31)33-24-6-4-5-21(19-24)20-11-17-40(18-12-20)25-13-15-39(2)16-14-25/h4-6,19-20,22-23,25H,3,7-18H2,1-2H3,(H2,31,36,41)(H2,32,33,35). The van der Waals surface area contributed by atoms with Gasteiger partial charge in [-0.15, -0.1) is 0 Å². The van der Waals surface area contributed by atoms with E-state index in [1.165, 1.54) is 31.5 Å². The van der Waals surface area contributed by atoms with Crippen LogP contribution in [0.25, 0.3) is 0 Å². The molecule has 3 fully saturated rings. The van der Waals surface area contributed by atoms with Crippen molar-refractivity contribution in [3.8, 4) is 0 Å². The molecule has 2 aliphatic heterocycles. The molecule has 226 valence electrons. The summed E-state index contributed by atoms with van der Waals surface area (Å²) in [4.78, 5) is 38.4. The number of nitrogens with one attached hydrogen (secondary N) is 4. The van der Waals surface area contributed by atoms with E-state index in [1.807, 2.05) is 19.1 Å². The monoisotopic (exact) mass is 576 g/mol. The van der Waals surface area contributed by atoms with E-state index < -0.39 is 5.91 Å². The Labute approximate surface area is 247 Å². The zero-order chi connectivity index (χ0) is 29.5. The fraction of sp³-hybridized carbons (Fsp3) is 0.633. The maximum absolute atomic E-state index is 12.9. The van der Waals surface area contributed by atoms with Crippen molar-refractivity contribution in [2.45, 2.75) is 88.8 Å². The number of likely N-dealkylation sites (tertiary alicyclic amines) is 2. The number of hydrogen-bond donors (Lipinski definition) is 4. The summed E-state index contributed by atoms with van der Waals surface area (Å²) in [5, 5.41) is 13.1. The van der Waals surface area contributed by atoms with Gasteiger partial charge >= 0.3 is 0 Å². The molecule has 12 heteroatoms. The van der Waals surface area contributed by atoms with Gasteiger partial charge in [-0.3, -0.25) is 4.79 Å². The molecule has 0 atom stereocenters. The number of aromatic nitrogens is 2. The van der Waals surface area contributed by atoms with Crippen molar-refractivity contribution in [3.05, 3.63) is 46.1 Å². The maximum atomic E-state index is 12.9. The van der Waals surface area contributed by atoms with Crippen molar-refractivity contribution in [1.29, 1.82) is 5.53 Å². The van der Waals surface area contributed by atoms with Crippen LogP contribution in [0.4, 0.5) is 17.3 Å². The Hall–Kier alpha value is -3.51. The van der Waals surface area contributed by atoms with Crippen LogP contribution in [-0.2, 0) is 6.42 Å². The number of benzene rings is 1. The number of carbonyl (C=O) groups is 1. The molecule has 2 aromatic rings. The van der Waals surface area contributed by atoms with E-state index in [4.69, 9.17) is 10.5 Å². The minimum Gasteiger partial charge on any atom is -0.366 e. The molecule has 1 aliphatic carbocycles. The third-order valence-corrected chi connectivity index (χ3v) is 9.22. The third kappa shape index (κ3) is 7.27. The molecule has 12 nitrogen and oxygen atoms in total. The highest BCUT2D eigenvalue weighted by Gasteiger charge is 2.29. The van der Waals surface area contributed by atoms with E-state index in [9.17, 15) is 9.70 Å². The quantitative estimate of drug-likeness (QED) is 0.171. The fourth-order valence-corrected chi connectivity index (χ4v) is 6.67. The lowest BCUT2D eigenvalue weighted by atomic mass is 9.88. The van der Waals surface area contributed by atoms with Crippen molar-refractivity contribution in [2.24, 2.45) is 10.4 Å². The summed E-state index contributed by atoms with van der Waals surface area (Å²) >= 11 is 0. The number of carbonyl (C=O) groups excluding carboxylic acids is 1. The van der Waals surface area contributed by atoms with Crippen LogP contribution in [0.3, 0.4) is 0 Å². The molecule has 1 saturated carbocycles. The average molecular weight is 577 g/mol. The lowest BCUT2D eigenvalue weighted by Gasteiger charge is -2.41. The first-order chi connectivity index (χ1) is 20.5. The van der Waals surface area contributed by atoms with Crippen molar-refractivity contribution in [2.75, 3.05) is 43.9 Å². The molecule has 3 aliphatic rings. The van der Waals surface area contributed by atoms with Gasteiger partial charge in [-0.2, -0.15) is 10.4 Å². The molecule has 1 aromatic heterocycles. The topological polar surface area (TPSA) is 151 Å². The molecule has 0 spiro atoms. The van der Waals surface area contributed by atoms with Gasteiger partial charge in [0.05, 0.1) is 11.7 Å². The highest BCUT2D eigenvalue weighted by atomic mass is 16.3. The van der Waals surface area contributed by atoms with Crippen LogP contribution in [0.1, 0.15) is 86.0 Å². The second-order valence-corrected chi connectivity index (χ2v) is 12.0. The molecule has 42 heavy (non-hydrogen) atoms. The Kier molecular flexibility index (Phi) is 10.1. The molecule has 2 saturated heterocycles. The van der Waals surface area contributed by atoms with Crippen LogP contribution in [0.15, 0.2) is 34.7 Å². The number of amides is 1. The van der Waals surface area contributed by atoms with Gasteiger partial charge in [-0.25, -0.2) is 15.4 Å². The van der Waals surface area contributed by atoms with Crippen LogP contribution >= 0.6 is 0 Å². The molecular formula is C30H44N10O2. The molecule has 1 aromatic carbocycles. The summed E-state index contributed by atoms with van der Waals surface area (Å²) in [5.74, 6) is 0.838. The molecular weight excluding hydrogens is 532 g/mol. The normalized spacial score (nSPS) is 22.8. The number of nitrogens with zero attached hydrogens (tertiary/aromatic N) is 6. The Morgan fingerprint density at radius 2 is 1.74 bits per heavy atom. The summed E-state index contributed by atoms with van der Waals surface area (Å²) < 4.78 is 0. The molecule has 0 radical (unpaired) electrons. The SMILES string of the molecule is CCc1nc(C(=O)NN=N)c(Nc2cccc(C3CCN(C4CCN(C)CC4)CC3)c2)nc1NC1CCC(N=O)CC1. The van der Waals surface area contributed by atoms with Gasteiger partial charge < -0.3 is 20.4 Å². The van der Waals surface area contributed by atoms with E-state index in [-0.39, 0.29) is 17.8 Å². The molecule has 0 bridgehead atoms.